The van der Waals surface area contributed by atoms with Gasteiger partial charge in [-0.05, 0) is 42.8 Å². The van der Waals surface area contributed by atoms with Crippen LogP contribution in [0.1, 0.15) is 35.9 Å². The minimum absolute atomic E-state index is 0.0384. The van der Waals surface area contributed by atoms with Gasteiger partial charge in [-0.2, -0.15) is 0 Å². The first-order valence-corrected chi connectivity index (χ1v) is 10.00. The zero-order valence-corrected chi connectivity index (χ0v) is 17.2. The lowest BCUT2D eigenvalue weighted by molar-refractivity contribution is -0.151. The first-order chi connectivity index (χ1) is 15.0. The second-order valence-electron chi connectivity index (χ2n) is 7.12. The number of amides is 2. The van der Waals surface area contributed by atoms with Gasteiger partial charge in [-0.15, -0.1) is 0 Å². The van der Waals surface area contributed by atoms with E-state index in [4.69, 9.17) is 13.9 Å². The van der Waals surface area contributed by atoms with Crippen molar-refractivity contribution >= 4 is 29.4 Å². The third kappa shape index (κ3) is 6.18. The number of furan rings is 1. The third-order valence-corrected chi connectivity index (χ3v) is 4.66. The highest BCUT2D eigenvalue weighted by atomic mass is 16.5. The smallest absolute Gasteiger partial charge is 0.338 e. The molecule has 0 aliphatic carbocycles. The number of ether oxygens (including phenoxy) is 2. The maximum absolute atomic E-state index is 12.2. The zero-order valence-electron chi connectivity index (χ0n) is 17.2. The van der Waals surface area contributed by atoms with Crippen LogP contribution in [0.4, 0.5) is 5.69 Å². The molecule has 1 aliphatic rings. The van der Waals surface area contributed by atoms with Gasteiger partial charge in [-0.25, -0.2) is 4.79 Å². The van der Waals surface area contributed by atoms with Crippen molar-refractivity contribution < 1.29 is 33.1 Å². The number of hydrogen-bond donors (Lipinski definition) is 1. The van der Waals surface area contributed by atoms with E-state index < -0.39 is 30.4 Å². The summed E-state index contributed by atoms with van der Waals surface area (Å²) in [6.45, 7) is 2.28. The first kappa shape index (κ1) is 22.1. The number of nitrogens with zero attached hydrogens (tertiary/aromatic N) is 1. The third-order valence-electron chi connectivity index (χ3n) is 4.66. The fourth-order valence-electron chi connectivity index (χ4n) is 3.09. The number of benzene rings is 1. The highest BCUT2D eigenvalue weighted by molar-refractivity contribution is 5.95. The van der Waals surface area contributed by atoms with Crippen molar-refractivity contribution in [3.63, 3.8) is 0 Å². The molecule has 1 N–H and O–H groups in total. The number of likely N-dealkylation sites (tertiary alicyclic amines) is 1. The van der Waals surface area contributed by atoms with Gasteiger partial charge in [0.15, 0.2) is 6.61 Å². The lowest BCUT2D eigenvalue weighted by atomic mass is 10.1. The standard InChI is InChI=1S/C22H24N2O7/c1-2-9-30-21(27)15-5-7-17(8-6-15)23-19(25)14-31-22(28)16-11-20(26)24(12-16)13-18-4-3-10-29-18/h3-8,10,16H,2,9,11-14H2,1H3,(H,23,25)/t16-/m0/s1. The summed E-state index contributed by atoms with van der Waals surface area (Å²) in [5, 5.41) is 2.59. The Kier molecular flexibility index (Phi) is 7.42. The molecular weight excluding hydrogens is 404 g/mol. The Balaban J connectivity index is 1.42. The van der Waals surface area contributed by atoms with E-state index in [0.29, 0.717) is 23.6 Å². The van der Waals surface area contributed by atoms with Gasteiger partial charge in [0, 0.05) is 18.7 Å². The predicted molar refractivity (Wildman–Crippen MR) is 109 cm³/mol. The predicted octanol–water partition coefficient (Wildman–Crippen LogP) is 2.38. The van der Waals surface area contributed by atoms with E-state index in [2.05, 4.69) is 5.32 Å². The van der Waals surface area contributed by atoms with Crippen LogP contribution in [0, 0.1) is 5.92 Å². The molecule has 2 amide bonds. The molecule has 1 aliphatic heterocycles. The van der Waals surface area contributed by atoms with Crippen LogP contribution in [0.3, 0.4) is 0 Å². The first-order valence-electron chi connectivity index (χ1n) is 10.00. The molecule has 2 heterocycles. The Morgan fingerprint density at radius 3 is 2.61 bits per heavy atom. The Labute approximate surface area is 179 Å². The van der Waals surface area contributed by atoms with E-state index in [1.165, 1.54) is 23.3 Å². The lowest BCUT2D eigenvalue weighted by Gasteiger charge is -2.14. The molecule has 0 bridgehead atoms. The van der Waals surface area contributed by atoms with Gasteiger partial charge in [-0.1, -0.05) is 6.92 Å². The molecule has 1 aromatic heterocycles. The molecule has 3 rings (SSSR count). The largest absolute Gasteiger partial charge is 0.467 e. The van der Waals surface area contributed by atoms with Crippen LogP contribution in [-0.2, 0) is 30.4 Å². The summed E-state index contributed by atoms with van der Waals surface area (Å²) in [6, 6.07) is 9.68. The molecule has 1 saturated heterocycles. The van der Waals surface area contributed by atoms with Gasteiger partial charge in [0.2, 0.25) is 5.91 Å². The van der Waals surface area contributed by atoms with E-state index in [-0.39, 0.29) is 25.4 Å². The summed E-state index contributed by atoms with van der Waals surface area (Å²) in [5.74, 6) is -1.71. The summed E-state index contributed by atoms with van der Waals surface area (Å²) in [5.41, 5.74) is 0.830. The van der Waals surface area contributed by atoms with E-state index >= 15 is 0 Å². The van der Waals surface area contributed by atoms with Crippen molar-refractivity contribution in [1.82, 2.24) is 4.90 Å². The minimum Gasteiger partial charge on any atom is -0.467 e. The molecule has 0 radical (unpaired) electrons. The van der Waals surface area contributed by atoms with E-state index in [0.717, 1.165) is 6.42 Å². The zero-order chi connectivity index (χ0) is 22.2. The molecule has 1 atom stereocenters. The Bertz CT molecular complexity index is 922. The maximum Gasteiger partial charge on any atom is 0.338 e. The Morgan fingerprint density at radius 1 is 1.16 bits per heavy atom. The number of rotatable bonds is 9. The van der Waals surface area contributed by atoms with Gasteiger partial charge in [0.05, 0.1) is 30.9 Å². The quantitative estimate of drug-likeness (QED) is 0.610. The molecule has 9 nitrogen and oxygen atoms in total. The van der Waals surface area contributed by atoms with Crippen LogP contribution in [0.15, 0.2) is 47.1 Å². The van der Waals surface area contributed by atoms with Gasteiger partial charge >= 0.3 is 11.9 Å². The summed E-state index contributed by atoms with van der Waals surface area (Å²) >= 11 is 0. The Hall–Kier alpha value is -3.62. The van der Waals surface area contributed by atoms with Crippen LogP contribution in [0.25, 0.3) is 0 Å². The van der Waals surface area contributed by atoms with Crippen LogP contribution in [0.2, 0.25) is 0 Å². The van der Waals surface area contributed by atoms with Gasteiger partial charge in [0.1, 0.15) is 5.76 Å². The number of anilines is 1. The summed E-state index contributed by atoms with van der Waals surface area (Å²) in [4.78, 5) is 49.7. The van der Waals surface area contributed by atoms with Gasteiger partial charge in [-0.3, -0.25) is 14.4 Å². The Morgan fingerprint density at radius 2 is 1.94 bits per heavy atom. The monoisotopic (exact) mass is 428 g/mol. The van der Waals surface area contributed by atoms with Crippen LogP contribution >= 0.6 is 0 Å². The lowest BCUT2D eigenvalue weighted by Crippen LogP contribution is -2.28. The molecule has 9 heteroatoms. The minimum atomic E-state index is -0.622. The fourth-order valence-corrected chi connectivity index (χ4v) is 3.09. The van der Waals surface area contributed by atoms with Crippen molar-refractivity contribution in [2.24, 2.45) is 5.92 Å². The summed E-state index contributed by atoms with van der Waals surface area (Å²) in [6.07, 6.45) is 2.29. The molecule has 0 unspecified atom stereocenters. The van der Waals surface area contributed by atoms with Crippen molar-refractivity contribution in [2.45, 2.75) is 26.3 Å². The molecule has 1 fully saturated rings. The van der Waals surface area contributed by atoms with Gasteiger partial charge < -0.3 is 24.1 Å². The molecule has 2 aromatic rings. The van der Waals surface area contributed by atoms with Crippen molar-refractivity contribution in [3.8, 4) is 0 Å². The van der Waals surface area contributed by atoms with Crippen LogP contribution in [-0.4, -0.2) is 48.4 Å². The second kappa shape index (κ2) is 10.4. The normalized spacial score (nSPS) is 15.6. The van der Waals surface area contributed by atoms with Crippen molar-refractivity contribution in [3.05, 3.63) is 54.0 Å². The topological polar surface area (TPSA) is 115 Å². The van der Waals surface area contributed by atoms with E-state index in [1.54, 1.807) is 24.3 Å². The maximum atomic E-state index is 12.2. The molecule has 164 valence electrons. The van der Waals surface area contributed by atoms with Gasteiger partial charge in [0.25, 0.3) is 5.91 Å². The average molecular weight is 428 g/mol. The van der Waals surface area contributed by atoms with Crippen molar-refractivity contribution in [1.29, 1.82) is 0 Å². The molecule has 0 saturated carbocycles. The number of hydrogen-bond acceptors (Lipinski definition) is 7. The highest BCUT2D eigenvalue weighted by Gasteiger charge is 2.35. The summed E-state index contributed by atoms with van der Waals surface area (Å²) < 4.78 is 15.3. The summed E-state index contributed by atoms with van der Waals surface area (Å²) in [7, 11) is 0. The van der Waals surface area contributed by atoms with E-state index in [9.17, 15) is 19.2 Å². The number of nitrogens with one attached hydrogen (secondary N) is 1. The second-order valence-corrected chi connectivity index (χ2v) is 7.12. The number of carbonyl (C=O) groups is 4. The molecule has 31 heavy (non-hydrogen) atoms. The number of esters is 2. The highest BCUT2D eigenvalue weighted by Crippen LogP contribution is 2.21. The number of carbonyl (C=O) groups excluding carboxylic acids is 4. The van der Waals surface area contributed by atoms with Crippen LogP contribution < -0.4 is 5.32 Å². The molecule has 1 aromatic carbocycles. The van der Waals surface area contributed by atoms with E-state index in [1.807, 2.05) is 6.92 Å². The SMILES string of the molecule is CCCOC(=O)c1ccc(NC(=O)COC(=O)[C@H]2CC(=O)N(Cc3ccco3)C2)cc1. The average Bonchev–Trinajstić information content (AvgIpc) is 3.41. The fraction of sp³-hybridized carbons (Fsp3) is 0.364. The molecule has 0 spiro atoms. The van der Waals surface area contributed by atoms with Crippen LogP contribution in [0.5, 0.6) is 0 Å². The van der Waals surface area contributed by atoms with Crippen molar-refractivity contribution in [2.75, 3.05) is 25.1 Å². The molecular formula is C22H24N2O7.